The molecule has 7 heteroatoms. The van der Waals surface area contributed by atoms with Crippen molar-refractivity contribution in [2.75, 3.05) is 6.54 Å². The topological polar surface area (TPSA) is 86.3 Å². The van der Waals surface area contributed by atoms with Crippen LogP contribution in [0.25, 0.3) is 16.6 Å². The van der Waals surface area contributed by atoms with E-state index in [1.165, 1.54) is 4.52 Å². The predicted molar refractivity (Wildman–Crippen MR) is 92.6 cm³/mol. The van der Waals surface area contributed by atoms with Crippen molar-refractivity contribution >= 4 is 22.5 Å². The molecule has 0 bridgehead atoms. The minimum atomic E-state index is -0.0788. The van der Waals surface area contributed by atoms with E-state index < -0.39 is 0 Å². The van der Waals surface area contributed by atoms with Gasteiger partial charge in [0, 0.05) is 41.6 Å². The zero-order valence-corrected chi connectivity index (χ0v) is 13.3. The third kappa shape index (κ3) is 2.09. The minimum absolute atomic E-state index is 0.0433. The molecule has 0 fully saturated rings. The van der Waals surface area contributed by atoms with Crippen LogP contribution in [0, 0.1) is 0 Å². The highest BCUT2D eigenvalue weighted by Crippen LogP contribution is 2.20. The molecule has 2 N–H and O–H groups in total. The Balaban J connectivity index is 1.51. The second-order valence-corrected chi connectivity index (χ2v) is 6.25. The highest BCUT2D eigenvalue weighted by molar-refractivity contribution is 5.98. The monoisotopic (exact) mass is 333 g/mol. The molecule has 124 valence electrons. The summed E-state index contributed by atoms with van der Waals surface area (Å²) in [7, 11) is 0. The van der Waals surface area contributed by atoms with E-state index >= 15 is 0 Å². The van der Waals surface area contributed by atoms with Gasteiger partial charge in [-0.15, -0.1) is 0 Å². The van der Waals surface area contributed by atoms with Gasteiger partial charge in [-0.05, 0) is 30.0 Å². The first-order chi connectivity index (χ1) is 12.2. The maximum atomic E-state index is 12.9. The van der Waals surface area contributed by atoms with Crippen molar-refractivity contribution in [3.63, 3.8) is 0 Å². The second kappa shape index (κ2) is 5.07. The van der Waals surface area contributed by atoms with Gasteiger partial charge in [-0.1, -0.05) is 6.07 Å². The number of fused-ring (bicyclic) bond motifs is 3. The third-order valence-corrected chi connectivity index (χ3v) is 4.79. The van der Waals surface area contributed by atoms with Crippen LogP contribution >= 0.6 is 0 Å². The maximum absolute atomic E-state index is 12.9. The van der Waals surface area contributed by atoms with E-state index in [2.05, 4.69) is 15.1 Å². The number of carbonyl (C=O) groups excluding carboxylic acids is 1. The lowest BCUT2D eigenvalue weighted by atomic mass is 10.0. The van der Waals surface area contributed by atoms with Crippen molar-refractivity contribution in [2.24, 2.45) is 0 Å². The van der Waals surface area contributed by atoms with Gasteiger partial charge in [-0.2, -0.15) is 0 Å². The van der Waals surface area contributed by atoms with Crippen molar-refractivity contribution in [2.45, 2.75) is 13.0 Å². The van der Waals surface area contributed by atoms with E-state index in [1.54, 1.807) is 17.2 Å². The molecule has 1 amide bonds. The highest BCUT2D eigenvalue weighted by Gasteiger charge is 2.25. The van der Waals surface area contributed by atoms with Crippen molar-refractivity contribution in [1.82, 2.24) is 24.5 Å². The predicted octanol–water partition coefficient (Wildman–Crippen LogP) is 1.70. The standard InChI is InChI=1S/C18H15N5O2/c24-17(12-2-1-11-3-6-19-14(11)9-12)22-8-5-13-15(10-22)21-16-4-7-20-23(16)18(13)25/h1-4,6-7,9,19-20H,5,8,10H2. The molecule has 0 radical (unpaired) electrons. The van der Waals surface area contributed by atoms with Gasteiger partial charge in [0.05, 0.1) is 12.2 Å². The van der Waals surface area contributed by atoms with Gasteiger partial charge >= 0.3 is 0 Å². The number of aromatic amines is 2. The number of carbonyl (C=O) groups is 1. The van der Waals surface area contributed by atoms with E-state index in [9.17, 15) is 9.59 Å². The van der Waals surface area contributed by atoms with Crippen LogP contribution in [0.3, 0.4) is 0 Å². The number of nitrogens with one attached hydrogen (secondary N) is 2. The Morgan fingerprint density at radius 2 is 2.08 bits per heavy atom. The van der Waals surface area contributed by atoms with E-state index in [4.69, 9.17) is 0 Å². The number of hydrogen-bond donors (Lipinski definition) is 2. The first-order valence-corrected chi connectivity index (χ1v) is 8.15. The Morgan fingerprint density at radius 3 is 3.00 bits per heavy atom. The minimum Gasteiger partial charge on any atom is -0.361 e. The maximum Gasteiger partial charge on any atom is 0.276 e. The summed E-state index contributed by atoms with van der Waals surface area (Å²) >= 11 is 0. The van der Waals surface area contributed by atoms with Crippen LogP contribution in [0.4, 0.5) is 0 Å². The fourth-order valence-corrected chi connectivity index (χ4v) is 3.47. The zero-order chi connectivity index (χ0) is 17.0. The highest BCUT2D eigenvalue weighted by atomic mass is 16.2. The van der Waals surface area contributed by atoms with Crippen LogP contribution in [-0.2, 0) is 13.0 Å². The lowest BCUT2D eigenvalue weighted by Crippen LogP contribution is -2.39. The average molecular weight is 333 g/mol. The van der Waals surface area contributed by atoms with Crippen LogP contribution in [0.1, 0.15) is 21.6 Å². The van der Waals surface area contributed by atoms with E-state index in [1.807, 2.05) is 30.5 Å². The van der Waals surface area contributed by atoms with Crippen LogP contribution < -0.4 is 5.56 Å². The molecule has 3 aromatic heterocycles. The fraction of sp³-hybridized carbons (Fsp3) is 0.167. The van der Waals surface area contributed by atoms with Gasteiger partial charge in [0.25, 0.3) is 11.5 Å². The molecule has 1 aromatic carbocycles. The summed E-state index contributed by atoms with van der Waals surface area (Å²) in [6.45, 7) is 0.867. The molecule has 1 aliphatic rings. The van der Waals surface area contributed by atoms with Crippen LogP contribution in [0.5, 0.6) is 0 Å². The summed E-state index contributed by atoms with van der Waals surface area (Å²) < 4.78 is 1.44. The van der Waals surface area contributed by atoms with Crippen molar-refractivity contribution in [1.29, 1.82) is 0 Å². The molecule has 25 heavy (non-hydrogen) atoms. The van der Waals surface area contributed by atoms with Crippen LogP contribution in [0.15, 0.2) is 47.5 Å². The quantitative estimate of drug-likeness (QED) is 0.556. The third-order valence-electron chi connectivity index (χ3n) is 4.79. The molecule has 0 unspecified atom stereocenters. The first kappa shape index (κ1) is 14.0. The van der Waals surface area contributed by atoms with Gasteiger partial charge in [0.1, 0.15) is 0 Å². The van der Waals surface area contributed by atoms with E-state index in [-0.39, 0.29) is 11.5 Å². The number of amides is 1. The molecular weight excluding hydrogens is 318 g/mol. The Morgan fingerprint density at radius 1 is 1.16 bits per heavy atom. The summed E-state index contributed by atoms with van der Waals surface area (Å²) in [4.78, 5) is 34.8. The van der Waals surface area contributed by atoms with Gasteiger partial charge in [-0.3, -0.25) is 14.7 Å². The molecule has 1 aliphatic heterocycles. The number of hydrogen-bond acceptors (Lipinski definition) is 3. The average Bonchev–Trinajstić information content (AvgIpc) is 3.29. The smallest absolute Gasteiger partial charge is 0.276 e. The van der Waals surface area contributed by atoms with Crippen molar-refractivity contribution in [3.8, 4) is 0 Å². The molecule has 0 aliphatic carbocycles. The number of aromatic nitrogens is 4. The van der Waals surface area contributed by atoms with Crippen molar-refractivity contribution in [3.05, 3.63) is 69.9 Å². The molecule has 7 nitrogen and oxygen atoms in total. The van der Waals surface area contributed by atoms with Gasteiger partial charge in [0.2, 0.25) is 0 Å². The molecule has 0 saturated heterocycles. The van der Waals surface area contributed by atoms with Crippen molar-refractivity contribution < 1.29 is 4.79 Å². The number of benzene rings is 1. The van der Waals surface area contributed by atoms with Gasteiger partial charge in [0.15, 0.2) is 5.65 Å². The summed E-state index contributed by atoms with van der Waals surface area (Å²) in [5.74, 6) is -0.0433. The molecular formula is C18H15N5O2. The normalized spacial score (nSPS) is 14.2. The molecule has 4 aromatic rings. The van der Waals surface area contributed by atoms with E-state index in [0.717, 1.165) is 10.9 Å². The zero-order valence-electron chi connectivity index (χ0n) is 13.3. The summed E-state index contributed by atoms with van der Waals surface area (Å²) in [6, 6.07) is 9.36. The Hall–Kier alpha value is -3.35. The van der Waals surface area contributed by atoms with E-state index in [0.29, 0.717) is 42.0 Å². The Bertz CT molecular complexity index is 1180. The number of H-pyrrole nitrogens is 2. The second-order valence-electron chi connectivity index (χ2n) is 6.25. The van der Waals surface area contributed by atoms with Gasteiger partial charge in [-0.25, -0.2) is 9.50 Å². The first-order valence-electron chi connectivity index (χ1n) is 8.15. The van der Waals surface area contributed by atoms with Gasteiger partial charge < -0.3 is 9.88 Å². The molecule has 0 saturated carbocycles. The summed E-state index contributed by atoms with van der Waals surface area (Å²) in [5, 5.41) is 3.94. The Kier molecular flexibility index (Phi) is 2.85. The molecule has 5 rings (SSSR count). The fourth-order valence-electron chi connectivity index (χ4n) is 3.47. The summed E-state index contributed by atoms with van der Waals surface area (Å²) in [6.07, 6.45) is 4.05. The number of nitrogens with zero attached hydrogens (tertiary/aromatic N) is 3. The summed E-state index contributed by atoms with van der Waals surface area (Å²) in [5.41, 5.74) is 3.44. The molecule has 0 spiro atoms. The molecule has 0 atom stereocenters. The van der Waals surface area contributed by atoms with Crippen LogP contribution in [0.2, 0.25) is 0 Å². The molecule has 4 heterocycles. The lowest BCUT2D eigenvalue weighted by Gasteiger charge is -2.27. The largest absolute Gasteiger partial charge is 0.361 e. The van der Waals surface area contributed by atoms with Crippen LogP contribution in [-0.4, -0.2) is 36.9 Å². The lowest BCUT2D eigenvalue weighted by molar-refractivity contribution is 0.0731. The SMILES string of the molecule is O=C(c1ccc2cc[nH]c2c1)N1CCc2c(nc3cc[nH]n3c2=O)C1. The number of rotatable bonds is 1. The Labute approximate surface area is 141 Å².